The molecule has 1 atom stereocenters. The monoisotopic (exact) mass is 308 g/mol. The number of aromatic amines is 1. The van der Waals surface area contributed by atoms with Gasteiger partial charge in [-0.3, -0.25) is 4.79 Å². The van der Waals surface area contributed by atoms with Gasteiger partial charge in [-0.1, -0.05) is 30.3 Å². The number of H-pyrrole nitrogens is 1. The molecular weight excluding hydrogens is 288 g/mol. The Kier molecular flexibility index (Phi) is 3.54. The van der Waals surface area contributed by atoms with Crippen LogP contribution in [0.3, 0.4) is 0 Å². The topological polar surface area (TPSA) is 65.1 Å². The summed E-state index contributed by atoms with van der Waals surface area (Å²) in [4.78, 5) is 15.8. The molecule has 1 saturated carbocycles. The van der Waals surface area contributed by atoms with Crippen molar-refractivity contribution in [2.45, 2.75) is 25.3 Å². The van der Waals surface area contributed by atoms with Crippen LogP contribution in [0.4, 0.5) is 0 Å². The van der Waals surface area contributed by atoms with Crippen molar-refractivity contribution in [1.29, 1.82) is 0 Å². The van der Waals surface area contributed by atoms with E-state index < -0.39 is 0 Å². The van der Waals surface area contributed by atoms with Gasteiger partial charge >= 0.3 is 0 Å². The van der Waals surface area contributed by atoms with Crippen molar-refractivity contribution in [3.8, 4) is 0 Å². The molecule has 0 saturated heterocycles. The van der Waals surface area contributed by atoms with Crippen LogP contribution in [0.2, 0.25) is 0 Å². The lowest BCUT2D eigenvalue weighted by atomic mass is 10.1. The lowest BCUT2D eigenvalue weighted by molar-refractivity contribution is 0.0920. The Morgan fingerprint density at radius 3 is 2.83 bits per heavy atom. The number of aliphatic hydroxyl groups is 1. The number of nitrogens with one attached hydrogen (secondary N) is 2. The fourth-order valence-corrected chi connectivity index (χ4v) is 3.32. The van der Waals surface area contributed by atoms with Gasteiger partial charge in [0.2, 0.25) is 0 Å². The van der Waals surface area contributed by atoms with E-state index in [4.69, 9.17) is 0 Å². The van der Waals surface area contributed by atoms with E-state index in [2.05, 4.69) is 28.5 Å². The third kappa shape index (κ3) is 2.70. The zero-order chi connectivity index (χ0) is 15.8. The highest BCUT2D eigenvalue weighted by Gasteiger charge is 2.32. The Bertz CT molecular complexity index is 864. The van der Waals surface area contributed by atoms with Crippen LogP contribution < -0.4 is 5.32 Å². The summed E-state index contributed by atoms with van der Waals surface area (Å²) >= 11 is 0. The molecule has 1 aliphatic rings. The molecule has 0 radical (unpaired) electrons. The molecule has 1 aromatic heterocycles. The lowest BCUT2D eigenvalue weighted by Gasteiger charge is -2.16. The van der Waals surface area contributed by atoms with E-state index in [0.717, 1.165) is 29.1 Å². The van der Waals surface area contributed by atoms with Gasteiger partial charge in [-0.2, -0.15) is 0 Å². The molecule has 4 nitrogen and oxygen atoms in total. The van der Waals surface area contributed by atoms with E-state index in [9.17, 15) is 9.90 Å². The van der Waals surface area contributed by atoms with E-state index in [0.29, 0.717) is 18.0 Å². The number of carbonyl (C=O) groups is 1. The molecule has 2 aromatic carbocycles. The molecule has 1 amide bonds. The molecule has 1 aliphatic carbocycles. The van der Waals surface area contributed by atoms with Crippen LogP contribution in [0.15, 0.2) is 42.5 Å². The van der Waals surface area contributed by atoms with Crippen molar-refractivity contribution in [3.63, 3.8) is 0 Å². The summed E-state index contributed by atoms with van der Waals surface area (Å²) in [6, 6.07) is 14.3. The Labute approximate surface area is 134 Å². The average Bonchev–Trinajstić information content (AvgIpc) is 3.32. The van der Waals surface area contributed by atoms with Gasteiger partial charge in [0.25, 0.3) is 5.91 Å². The highest BCUT2D eigenvalue weighted by Crippen LogP contribution is 2.34. The van der Waals surface area contributed by atoms with Crippen molar-refractivity contribution >= 4 is 27.6 Å². The van der Waals surface area contributed by atoms with Gasteiger partial charge in [-0.25, -0.2) is 0 Å². The fraction of sp³-hybridized carbons (Fsp3) is 0.316. The number of rotatable bonds is 5. The first-order valence-corrected chi connectivity index (χ1v) is 8.18. The first kappa shape index (κ1) is 14.3. The number of hydrogen-bond acceptors (Lipinski definition) is 2. The van der Waals surface area contributed by atoms with Crippen LogP contribution >= 0.6 is 0 Å². The molecule has 23 heavy (non-hydrogen) atoms. The van der Waals surface area contributed by atoms with Gasteiger partial charge in [0.05, 0.1) is 0 Å². The first-order chi connectivity index (χ1) is 11.3. The third-order valence-electron chi connectivity index (χ3n) is 4.72. The zero-order valence-electron chi connectivity index (χ0n) is 12.9. The molecule has 1 fully saturated rings. The van der Waals surface area contributed by atoms with Crippen molar-refractivity contribution < 1.29 is 9.90 Å². The molecular formula is C19H20N2O2. The summed E-state index contributed by atoms with van der Waals surface area (Å²) in [5.74, 6) is 0.437. The van der Waals surface area contributed by atoms with Crippen LogP contribution in [0.25, 0.3) is 21.7 Å². The summed E-state index contributed by atoms with van der Waals surface area (Å²) in [6.45, 7) is 0.110. The van der Waals surface area contributed by atoms with Crippen LogP contribution in [0.5, 0.6) is 0 Å². The zero-order valence-corrected chi connectivity index (χ0v) is 12.9. The van der Waals surface area contributed by atoms with Gasteiger partial charge in [0.15, 0.2) is 0 Å². The molecule has 0 aliphatic heterocycles. The summed E-state index contributed by atoms with van der Waals surface area (Å²) in [5.41, 5.74) is 1.55. The maximum Gasteiger partial charge on any atom is 0.267 e. The van der Waals surface area contributed by atoms with E-state index >= 15 is 0 Å². The second kappa shape index (κ2) is 5.70. The first-order valence-electron chi connectivity index (χ1n) is 8.18. The minimum Gasteiger partial charge on any atom is -0.396 e. The summed E-state index contributed by atoms with van der Waals surface area (Å²) in [7, 11) is 0. The molecule has 3 aromatic rings. The molecule has 1 unspecified atom stereocenters. The summed E-state index contributed by atoms with van der Waals surface area (Å²) in [6.07, 6.45) is 2.91. The number of hydrogen-bond donors (Lipinski definition) is 3. The standard InChI is InChI=1S/C19H20N2O2/c22-10-9-16(13-5-6-13)21-19(23)18-11-15-14-4-2-1-3-12(14)7-8-17(15)20-18/h1-4,7-8,11,13,16,20,22H,5-6,9-10H2,(H,21,23). The molecule has 0 spiro atoms. The fourth-order valence-electron chi connectivity index (χ4n) is 3.32. The number of amides is 1. The quantitative estimate of drug-likeness (QED) is 0.677. The number of aromatic nitrogens is 1. The van der Waals surface area contributed by atoms with E-state index in [1.165, 1.54) is 5.39 Å². The molecule has 1 heterocycles. The molecule has 3 N–H and O–H groups in total. The Hall–Kier alpha value is -2.33. The van der Waals surface area contributed by atoms with Gasteiger partial charge in [-0.05, 0) is 48.1 Å². The van der Waals surface area contributed by atoms with Gasteiger partial charge < -0.3 is 15.4 Å². The van der Waals surface area contributed by atoms with E-state index in [1.807, 2.05) is 24.3 Å². The second-order valence-electron chi connectivity index (χ2n) is 6.36. The third-order valence-corrected chi connectivity index (χ3v) is 4.72. The van der Waals surface area contributed by atoms with Crippen molar-refractivity contribution in [3.05, 3.63) is 48.2 Å². The molecule has 4 rings (SSSR count). The maximum absolute atomic E-state index is 12.5. The van der Waals surface area contributed by atoms with Crippen molar-refractivity contribution in [2.75, 3.05) is 6.61 Å². The smallest absolute Gasteiger partial charge is 0.267 e. The van der Waals surface area contributed by atoms with Crippen molar-refractivity contribution in [2.24, 2.45) is 5.92 Å². The predicted molar refractivity (Wildman–Crippen MR) is 91.5 cm³/mol. The van der Waals surface area contributed by atoms with Crippen LogP contribution in [-0.4, -0.2) is 28.6 Å². The summed E-state index contributed by atoms with van der Waals surface area (Å²) in [5, 5.41) is 15.6. The average molecular weight is 308 g/mol. The predicted octanol–water partition coefficient (Wildman–Crippen LogP) is 3.21. The normalized spacial score (nSPS) is 15.9. The van der Waals surface area contributed by atoms with Gasteiger partial charge in [0, 0.05) is 23.6 Å². The van der Waals surface area contributed by atoms with E-state index in [-0.39, 0.29) is 18.6 Å². The number of benzene rings is 2. The largest absolute Gasteiger partial charge is 0.396 e. The summed E-state index contributed by atoms with van der Waals surface area (Å²) < 4.78 is 0. The van der Waals surface area contributed by atoms with Gasteiger partial charge in [0.1, 0.15) is 5.69 Å². The second-order valence-corrected chi connectivity index (χ2v) is 6.36. The minimum atomic E-state index is -0.0874. The van der Waals surface area contributed by atoms with Crippen LogP contribution in [-0.2, 0) is 0 Å². The Morgan fingerprint density at radius 1 is 1.22 bits per heavy atom. The van der Waals surface area contributed by atoms with E-state index in [1.54, 1.807) is 0 Å². The maximum atomic E-state index is 12.5. The molecule has 4 heteroatoms. The minimum absolute atomic E-state index is 0.0793. The molecule has 0 bridgehead atoms. The Morgan fingerprint density at radius 2 is 2.04 bits per heavy atom. The lowest BCUT2D eigenvalue weighted by Crippen LogP contribution is -2.37. The number of aliphatic hydroxyl groups excluding tert-OH is 1. The van der Waals surface area contributed by atoms with Crippen LogP contribution in [0, 0.1) is 5.92 Å². The van der Waals surface area contributed by atoms with Crippen LogP contribution in [0.1, 0.15) is 29.8 Å². The number of carbonyl (C=O) groups excluding carboxylic acids is 1. The highest BCUT2D eigenvalue weighted by molar-refractivity contribution is 6.09. The SMILES string of the molecule is O=C(NC(CCO)C1CC1)c1cc2c(ccc3ccccc32)[nH]1. The Balaban J connectivity index is 1.65. The highest BCUT2D eigenvalue weighted by atomic mass is 16.3. The molecule has 118 valence electrons. The number of fused-ring (bicyclic) bond motifs is 3. The van der Waals surface area contributed by atoms with Gasteiger partial charge in [-0.15, -0.1) is 0 Å². The van der Waals surface area contributed by atoms with Crippen molar-refractivity contribution in [1.82, 2.24) is 10.3 Å².